The topological polar surface area (TPSA) is 91.7 Å². The molecule has 0 radical (unpaired) electrons. The Morgan fingerprint density at radius 1 is 1.00 bits per heavy atom. The lowest BCUT2D eigenvalue weighted by Crippen LogP contribution is -2.47. The van der Waals surface area contributed by atoms with Gasteiger partial charge in [0.1, 0.15) is 17.6 Å². The highest BCUT2D eigenvalue weighted by atomic mass is 32.1. The Morgan fingerprint density at radius 2 is 1.81 bits per heavy atom. The molecule has 2 aromatic carbocycles. The predicted octanol–water partition coefficient (Wildman–Crippen LogP) is 4.61. The fraction of sp³-hybridized carbons (Fsp3) is 0.148. The highest BCUT2D eigenvalue weighted by Crippen LogP contribution is 2.29. The van der Waals surface area contributed by atoms with Crippen molar-refractivity contribution in [2.45, 2.75) is 19.5 Å². The Hall–Kier alpha value is -4.24. The number of nitrogens with one attached hydrogen (secondary N) is 2. The molecule has 2 N–H and O–H groups in total. The minimum atomic E-state index is -1.13. The summed E-state index contributed by atoms with van der Waals surface area (Å²) >= 11 is 1.24. The van der Waals surface area contributed by atoms with Crippen molar-refractivity contribution in [2.24, 2.45) is 0 Å². The summed E-state index contributed by atoms with van der Waals surface area (Å²) in [6, 6.07) is 18.3. The molecular formula is C27H24FN3O4S. The number of nitrogens with zero attached hydrogens (tertiary/aromatic N) is 1. The summed E-state index contributed by atoms with van der Waals surface area (Å²) in [4.78, 5) is 41.2. The molecule has 0 aliphatic rings. The van der Waals surface area contributed by atoms with Gasteiger partial charge < -0.3 is 15.1 Å². The van der Waals surface area contributed by atoms with Crippen molar-refractivity contribution in [1.82, 2.24) is 10.6 Å². The smallest absolute Gasteiger partial charge is 0.261 e. The zero-order chi connectivity index (χ0) is 25.5. The molecule has 36 heavy (non-hydrogen) atoms. The van der Waals surface area contributed by atoms with Gasteiger partial charge in [0.15, 0.2) is 0 Å². The molecule has 4 rings (SSSR count). The number of amides is 3. The van der Waals surface area contributed by atoms with E-state index in [0.717, 1.165) is 5.56 Å². The van der Waals surface area contributed by atoms with Gasteiger partial charge in [-0.25, -0.2) is 4.39 Å². The number of hydrogen-bond donors (Lipinski definition) is 2. The van der Waals surface area contributed by atoms with Crippen LogP contribution in [-0.4, -0.2) is 24.3 Å². The second-order valence-corrected chi connectivity index (χ2v) is 8.96. The van der Waals surface area contributed by atoms with Crippen molar-refractivity contribution < 1.29 is 23.2 Å². The summed E-state index contributed by atoms with van der Waals surface area (Å²) in [6.07, 6.45) is 1.50. The molecule has 2 aromatic heterocycles. The lowest BCUT2D eigenvalue weighted by molar-refractivity contribution is -0.126. The Morgan fingerprint density at radius 3 is 2.47 bits per heavy atom. The minimum Gasteiger partial charge on any atom is -0.467 e. The van der Waals surface area contributed by atoms with Crippen LogP contribution in [0.2, 0.25) is 0 Å². The van der Waals surface area contributed by atoms with E-state index in [4.69, 9.17) is 4.42 Å². The van der Waals surface area contributed by atoms with Crippen molar-refractivity contribution in [3.8, 4) is 0 Å². The van der Waals surface area contributed by atoms with Crippen molar-refractivity contribution in [3.05, 3.63) is 112 Å². The Balaban J connectivity index is 1.67. The minimum absolute atomic E-state index is 0.106. The Kier molecular flexibility index (Phi) is 7.92. The van der Waals surface area contributed by atoms with E-state index in [1.807, 2.05) is 19.1 Å². The van der Waals surface area contributed by atoms with Crippen LogP contribution in [0.15, 0.2) is 88.9 Å². The zero-order valence-corrected chi connectivity index (χ0v) is 20.3. The largest absolute Gasteiger partial charge is 0.467 e. The molecule has 0 fully saturated rings. The van der Waals surface area contributed by atoms with E-state index >= 15 is 0 Å². The average Bonchev–Trinajstić information content (AvgIpc) is 3.60. The van der Waals surface area contributed by atoms with Crippen LogP contribution in [-0.2, 0) is 16.1 Å². The molecule has 0 spiro atoms. The van der Waals surface area contributed by atoms with Gasteiger partial charge in [0, 0.05) is 5.69 Å². The van der Waals surface area contributed by atoms with Crippen molar-refractivity contribution >= 4 is 34.7 Å². The van der Waals surface area contributed by atoms with Crippen LogP contribution in [0.25, 0.3) is 0 Å². The van der Waals surface area contributed by atoms with Crippen LogP contribution < -0.4 is 15.5 Å². The number of benzene rings is 2. The summed E-state index contributed by atoms with van der Waals surface area (Å²) in [6.45, 7) is 1.63. The maximum Gasteiger partial charge on any atom is 0.261 e. The fourth-order valence-electron chi connectivity index (χ4n) is 3.65. The van der Waals surface area contributed by atoms with E-state index in [9.17, 15) is 18.8 Å². The molecule has 0 aliphatic heterocycles. The molecule has 9 heteroatoms. The van der Waals surface area contributed by atoms with Gasteiger partial charge in [0.25, 0.3) is 5.91 Å². The fourth-order valence-corrected chi connectivity index (χ4v) is 4.29. The third-order valence-corrected chi connectivity index (χ3v) is 6.29. The van der Waals surface area contributed by atoms with Gasteiger partial charge in [-0.2, -0.15) is 0 Å². The number of aryl methyl sites for hydroxylation is 1. The van der Waals surface area contributed by atoms with E-state index in [-0.39, 0.29) is 18.8 Å². The van der Waals surface area contributed by atoms with E-state index in [1.165, 1.54) is 40.7 Å². The van der Waals surface area contributed by atoms with Crippen LogP contribution in [0.5, 0.6) is 0 Å². The van der Waals surface area contributed by atoms with Gasteiger partial charge in [0.05, 0.1) is 24.2 Å². The van der Waals surface area contributed by atoms with Gasteiger partial charge in [-0.05, 0) is 54.3 Å². The number of carbonyl (C=O) groups excluding carboxylic acids is 3. The van der Waals surface area contributed by atoms with Crippen LogP contribution in [0, 0.1) is 12.7 Å². The quantitative estimate of drug-likeness (QED) is 0.348. The second-order valence-electron chi connectivity index (χ2n) is 8.01. The summed E-state index contributed by atoms with van der Waals surface area (Å²) in [7, 11) is 0. The number of halogens is 1. The second kappa shape index (κ2) is 11.5. The first-order chi connectivity index (χ1) is 17.4. The number of rotatable bonds is 9. The Bertz CT molecular complexity index is 1320. The standard InChI is InChI=1S/C27H24FN3O4S/c1-18-9-11-19(12-10-18)25(27(34)29-16-22-7-3-13-35-22)31(21-6-2-5-20(28)15-21)24(32)17-30-26(33)23-8-4-14-36-23/h2-15,25H,16-17H2,1H3,(H,29,34)(H,30,33)/t25-/m0/s1. The first kappa shape index (κ1) is 24.9. The summed E-state index contributed by atoms with van der Waals surface area (Å²) in [5.41, 5.74) is 1.68. The van der Waals surface area contributed by atoms with E-state index < -0.39 is 29.6 Å². The number of furan rings is 1. The van der Waals surface area contributed by atoms with Crippen molar-refractivity contribution in [1.29, 1.82) is 0 Å². The monoisotopic (exact) mass is 505 g/mol. The molecular weight excluding hydrogens is 481 g/mol. The molecule has 0 bridgehead atoms. The summed E-state index contributed by atoms with van der Waals surface area (Å²) < 4.78 is 19.5. The van der Waals surface area contributed by atoms with Gasteiger partial charge in [-0.1, -0.05) is 42.0 Å². The zero-order valence-electron chi connectivity index (χ0n) is 19.4. The van der Waals surface area contributed by atoms with Crippen LogP contribution >= 0.6 is 11.3 Å². The predicted molar refractivity (Wildman–Crippen MR) is 135 cm³/mol. The molecule has 184 valence electrons. The van der Waals surface area contributed by atoms with Crippen LogP contribution in [0.3, 0.4) is 0 Å². The molecule has 1 atom stereocenters. The molecule has 2 heterocycles. The Labute approximate surface area is 211 Å². The molecule has 0 aliphatic carbocycles. The molecule has 0 unspecified atom stereocenters. The molecule has 0 saturated heterocycles. The number of hydrogen-bond acceptors (Lipinski definition) is 5. The number of anilines is 1. The summed E-state index contributed by atoms with van der Waals surface area (Å²) in [5.74, 6) is -1.50. The first-order valence-corrected chi connectivity index (χ1v) is 12.1. The lowest BCUT2D eigenvalue weighted by Gasteiger charge is -2.31. The molecule has 0 saturated carbocycles. The van der Waals surface area contributed by atoms with E-state index in [0.29, 0.717) is 16.2 Å². The third kappa shape index (κ3) is 6.05. The van der Waals surface area contributed by atoms with Gasteiger partial charge >= 0.3 is 0 Å². The van der Waals surface area contributed by atoms with Gasteiger partial charge in [-0.15, -0.1) is 11.3 Å². The number of carbonyl (C=O) groups is 3. The summed E-state index contributed by atoms with van der Waals surface area (Å²) in [5, 5.41) is 7.15. The normalized spacial score (nSPS) is 11.5. The van der Waals surface area contributed by atoms with Crippen LogP contribution in [0.1, 0.15) is 32.6 Å². The van der Waals surface area contributed by atoms with Crippen molar-refractivity contribution in [3.63, 3.8) is 0 Å². The average molecular weight is 506 g/mol. The van der Waals surface area contributed by atoms with Gasteiger partial charge in [-0.3, -0.25) is 19.3 Å². The first-order valence-electron chi connectivity index (χ1n) is 11.2. The van der Waals surface area contributed by atoms with Crippen LogP contribution in [0.4, 0.5) is 10.1 Å². The van der Waals surface area contributed by atoms with E-state index in [2.05, 4.69) is 10.6 Å². The SMILES string of the molecule is Cc1ccc([C@@H](C(=O)NCc2ccco2)N(C(=O)CNC(=O)c2cccs2)c2cccc(F)c2)cc1. The van der Waals surface area contributed by atoms with E-state index in [1.54, 1.807) is 47.8 Å². The highest BCUT2D eigenvalue weighted by Gasteiger charge is 2.33. The maximum atomic E-state index is 14.2. The maximum absolute atomic E-state index is 14.2. The third-order valence-electron chi connectivity index (χ3n) is 5.42. The lowest BCUT2D eigenvalue weighted by atomic mass is 10.0. The van der Waals surface area contributed by atoms with Gasteiger partial charge in [0.2, 0.25) is 11.8 Å². The molecule has 3 amide bonds. The van der Waals surface area contributed by atoms with Crippen molar-refractivity contribution in [2.75, 3.05) is 11.4 Å². The number of thiophene rings is 1. The molecule has 4 aromatic rings. The molecule has 7 nitrogen and oxygen atoms in total. The highest BCUT2D eigenvalue weighted by molar-refractivity contribution is 7.12.